The highest BCUT2D eigenvalue weighted by atomic mass is 32.1. The van der Waals surface area contributed by atoms with Crippen molar-refractivity contribution in [3.05, 3.63) is 40.5 Å². The van der Waals surface area contributed by atoms with Gasteiger partial charge in [0, 0.05) is 31.1 Å². The summed E-state index contributed by atoms with van der Waals surface area (Å²) < 4.78 is 2.16. The number of aromatic nitrogens is 1. The molecule has 1 amide bonds. The Morgan fingerprint density at radius 3 is 2.38 bits per heavy atom. The summed E-state index contributed by atoms with van der Waals surface area (Å²) in [5.74, 6) is 0.112. The minimum absolute atomic E-state index is 0.00185. The van der Waals surface area contributed by atoms with Crippen molar-refractivity contribution in [2.75, 3.05) is 19.7 Å². The van der Waals surface area contributed by atoms with Gasteiger partial charge in [-0.2, -0.15) is 0 Å². The van der Waals surface area contributed by atoms with Gasteiger partial charge in [0.25, 0.3) is 5.91 Å². The van der Waals surface area contributed by atoms with Crippen LogP contribution in [-0.4, -0.2) is 40.2 Å². The molecule has 1 aliphatic heterocycles. The number of likely N-dealkylation sites (tertiary alicyclic amines) is 1. The lowest BCUT2D eigenvalue weighted by molar-refractivity contribution is 0.0338. The van der Waals surface area contributed by atoms with Gasteiger partial charge < -0.3 is 14.6 Å². The summed E-state index contributed by atoms with van der Waals surface area (Å²) in [7, 11) is 0. The average molecular weight is 346 g/mol. The largest absolute Gasteiger partial charge is 0.396 e. The molecule has 0 saturated carbocycles. The fourth-order valence-electron chi connectivity index (χ4n) is 3.60. The third-order valence-corrected chi connectivity index (χ3v) is 6.44. The zero-order chi connectivity index (χ0) is 17.3. The van der Waals surface area contributed by atoms with E-state index >= 15 is 0 Å². The quantitative estimate of drug-likeness (QED) is 0.916. The Morgan fingerprint density at radius 1 is 1.21 bits per heavy atom. The Balaban J connectivity index is 1.82. The fraction of sp³-hybridized carbons (Fsp3) is 0.526. The van der Waals surface area contributed by atoms with E-state index in [-0.39, 0.29) is 17.9 Å². The lowest BCUT2D eigenvalue weighted by Crippen LogP contribution is -2.44. The van der Waals surface area contributed by atoms with E-state index in [0.29, 0.717) is 0 Å². The fourth-order valence-corrected chi connectivity index (χ4v) is 4.61. The molecule has 5 heteroatoms. The second-order valence-corrected chi connectivity index (χ2v) is 7.79. The number of piperidine rings is 1. The molecule has 1 fully saturated rings. The van der Waals surface area contributed by atoms with Gasteiger partial charge in [0.1, 0.15) is 5.00 Å². The first-order valence-electron chi connectivity index (χ1n) is 8.64. The van der Waals surface area contributed by atoms with Crippen LogP contribution in [0.25, 0.3) is 5.00 Å². The Labute approximate surface area is 147 Å². The molecule has 4 nitrogen and oxygen atoms in total. The normalized spacial score (nSPS) is 17.2. The maximum atomic E-state index is 13.0. The maximum absolute atomic E-state index is 13.0. The number of hydrogen-bond donors (Lipinski definition) is 1. The number of aliphatic hydroxyl groups is 1. The monoisotopic (exact) mass is 346 g/mol. The Bertz CT molecular complexity index is 698. The zero-order valence-electron chi connectivity index (χ0n) is 14.7. The van der Waals surface area contributed by atoms with Crippen LogP contribution in [0.3, 0.4) is 0 Å². The molecule has 3 rings (SSSR count). The average Bonchev–Trinajstić information content (AvgIpc) is 3.20. The molecule has 3 heterocycles. The smallest absolute Gasteiger partial charge is 0.256 e. The van der Waals surface area contributed by atoms with Crippen molar-refractivity contribution in [3.8, 4) is 5.00 Å². The molecule has 1 saturated heterocycles. The minimum atomic E-state index is 0.00185. The predicted molar refractivity (Wildman–Crippen MR) is 98.1 cm³/mol. The minimum Gasteiger partial charge on any atom is -0.396 e. The van der Waals surface area contributed by atoms with Crippen LogP contribution in [-0.2, 0) is 0 Å². The molecule has 130 valence electrons. The molecule has 1 aliphatic rings. The van der Waals surface area contributed by atoms with Crippen LogP contribution in [0.5, 0.6) is 0 Å². The number of amides is 1. The van der Waals surface area contributed by atoms with Gasteiger partial charge in [-0.25, -0.2) is 0 Å². The van der Waals surface area contributed by atoms with Crippen molar-refractivity contribution in [2.45, 2.75) is 40.0 Å². The summed E-state index contributed by atoms with van der Waals surface area (Å²) in [5.41, 5.74) is 3.08. The third-order valence-electron chi connectivity index (χ3n) is 5.55. The molecule has 0 radical (unpaired) electrons. The molecule has 2 aromatic heterocycles. The van der Waals surface area contributed by atoms with E-state index < -0.39 is 0 Å². The van der Waals surface area contributed by atoms with E-state index in [1.54, 1.807) is 11.3 Å². The van der Waals surface area contributed by atoms with E-state index in [9.17, 15) is 9.90 Å². The van der Waals surface area contributed by atoms with Gasteiger partial charge in [-0.05, 0) is 62.1 Å². The van der Waals surface area contributed by atoms with Crippen LogP contribution in [0.2, 0.25) is 0 Å². The number of hydrogen-bond acceptors (Lipinski definition) is 3. The van der Waals surface area contributed by atoms with E-state index in [1.165, 1.54) is 0 Å². The summed E-state index contributed by atoms with van der Waals surface area (Å²) in [6.45, 7) is 7.94. The number of carbonyl (C=O) groups excluding carboxylic acids is 1. The number of aryl methyl sites for hydroxylation is 2. The van der Waals surface area contributed by atoms with Crippen molar-refractivity contribution in [1.29, 1.82) is 0 Å². The van der Waals surface area contributed by atoms with E-state index in [0.717, 1.165) is 54.3 Å². The number of nitrogens with zero attached hydrogens (tertiary/aromatic N) is 2. The second kappa shape index (κ2) is 6.73. The molecule has 2 aromatic rings. The lowest BCUT2D eigenvalue weighted by atomic mass is 9.77. The summed E-state index contributed by atoms with van der Waals surface area (Å²) in [5, 5.41) is 12.7. The third kappa shape index (κ3) is 2.91. The van der Waals surface area contributed by atoms with Crippen molar-refractivity contribution >= 4 is 17.2 Å². The van der Waals surface area contributed by atoms with Gasteiger partial charge in [-0.15, -0.1) is 11.3 Å². The molecule has 0 atom stereocenters. The molecule has 0 unspecified atom stereocenters. The number of carbonyl (C=O) groups is 1. The summed E-state index contributed by atoms with van der Waals surface area (Å²) in [6.07, 6.45) is 2.73. The molecular weight excluding hydrogens is 320 g/mol. The summed E-state index contributed by atoms with van der Waals surface area (Å²) in [4.78, 5) is 15.0. The summed E-state index contributed by atoms with van der Waals surface area (Å²) in [6, 6.07) is 6.11. The van der Waals surface area contributed by atoms with Gasteiger partial charge in [-0.3, -0.25) is 4.79 Å². The second-order valence-electron chi connectivity index (χ2n) is 6.89. The molecule has 0 bridgehead atoms. The van der Waals surface area contributed by atoms with Crippen molar-refractivity contribution in [1.82, 2.24) is 9.47 Å². The topological polar surface area (TPSA) is 45.5 Å². The highest BCUT2D eigenvalue weighted by molar-refractivity contribution is 7.13. The lowest BCUT2D eigenvalue weighted by Gasteiger charge is -2.40. The first-order chi connectivity index (χ1) is 11.5. The van der Waals surface area contributed by atoms with Gasteiger partial charge in [-0.1, -0.05) is 6.92 Å². The Hall–Kier alpha value is -1.59. The van der Waals surface area contributed by atoms with Crippen molar-refractivity contribution in [3.63, 3.8) is 0 Å². The molecule has 1 N–H and O–H groups in total. The van der Waals surface area contributed by atoms with Crippen LogP contribution in [0.15, 0.2) is 23.6 Å². The summed E-state index contributed by atoms with van der Waals surface area (Å²) >= 11 is 1.61. The Kier molecular flexibility index (Phi) is 4.83. The van der Waals surface area contributed by atoms with Crippen LogP contribution in [0, 0.1) is 19.3 Å². The number of aliphatic hydroxyl groups excluding tert-OH is 1. The van der Waals surface area contributed by atoms with Crippen LogP contribution < -0.4 is 0 Å². The SMILES string of the molecule is CCC1(CO)CCN(C(=O)c2ccsc2-n2c(C)ccc2C)CC1. The van der Waals surface area contributed by atoms with Gasteiger partial charge in [0.2, 0.25) is 0 Å². The van der Waals surface area contributed by atoms with E-state index in [4.69, 9.17) is 0 Å². The van der Waals surface area contributed by atoms with Crippen LogP contribution >= 0.6 is 11.3 Å². The standard InChI is InChI=1S/C19H26N2O2S/c1-4-19(13-22)8-10-20(11-9-19)17(23)16-7-12-24-18(16)21-14(2)5-6-15(21)3/h5-7,12,22H,4,8-11,13H2,1-3H3. The molecule has 0 aromatic carbocycles. The van der Waals surface area contributed by atoms with E-state index in [1.807, 2.05) is 16.3 Å². The molecule has 0 aliphatic carbocycles. The first-order valence-corrected chi connectivity index (χ1v) is 9.52. The zero-order valence-corrected chi connectivity index (χ0v) is 15.5. The number of thiophene rings is 1. The van der Waals surface area contributed by atoms with E-state index in [2.05, 4.69) is 37.5 Å². The number of rotatable bonds is 4. The first kappa shape index (κ1) is 17.2. The highest BCUT2D eigenvalue weighted by Crippen LogP contribution is 2.35. The van der Waals surface area contributed by atoms with Gasteiger partial charge in [0.05, 0.1) is 5.56 Å². The molecular formula is C19H26N2O2S. The van der Waals surface area contributed by atoms with Gasteiger partial charge in [0.15, 0.2) is 0 Å². The molecule has 24 heavy (non-hydrogen) atoms. The van der Waals surface area contributed by atoms with Crippen molar-refractivity contribution in [2.24, 2.45) is 5.41 Å². The highest BCUT2D eigenvalue weighted by Gasteiger charge is 2.34. The maximum Gasteiger partial charge on any atom is 0.256 e. The van der Waals surface area contributed by atoms with Gasteiger partial charge >= 0.3 is 0 Å². The van der Waals surface area contributed by atoms with Crippen LogP contribution in [0.4, 0.5) is 0 Å². The predicted octanol–water partition coefficient (Wildman–Crippen LogP) is 3.78. The van der Waals surface area contributed by atoms with Crippen LogP contribution in [0.1, 0.15) is 47.9 Å². The molecule has 0 spiro atoms. The van der Waals surface area contributed by atoms with Crippen molar-refractivity contribution < 1.29 is 9.90 Å². The Morgan fingerprint density at radius 2 is 1.83 bits per heavy atom.